The molecule has 0 fully saturated rings. The monoisotopic (exact) mass is 311 g/mol. The molecule has 20 heavy (non-hydrogen) atoms. The first-order valence-corrected chi connectivity index (χ1v) is 6.97. The van der Waals surface area contributed by atoms with Gasteiger partial charge in [-0.1, -0.05) is 41.4 Å². The molecule has 0 spiro atoms. The summed E-state index contributed by atoms with van der Waals surface area (Å²) < 4.78 is 11.1. The van der Waals surface area contributed by atoms with Crippen molar-refractivity contribution in [3.8, 4) is 11.5 Å². The van der Waals surface area contributed by atoms with Crippen LogP contribution >= 0.6 is 23.2 Å². The molecular formula is C15H15Cl2NO2. The van der Waals surface area contributed by atoms with Gasteiger partial charge >= 0.3 is 0 Å². The molecule has 0 heterocycles. The number of nitrogens with two attached hydrogens (primary N) is 1. The van der Waals surface area contributed by atoms with Crippen molar-refractivity contribution in [2.45, 2.75) is 6.42 Å². The number of hydrogen-bond donors (Lipinski definition) is 1. The van der Waals surface area contributed by atoms with Crippen molar-refractivity contribution in [1.29, 1.82) is 0 Å². The summed E-state index contributed by atoms with van der Waals surface area (Å²) in [5.74, 6) is 1.30. The van der Waals surface area contributed by atoms with E-state index in [-0.39, 0.29) is 0 Å². The standard InChI is InChI=1S/C15H15Cl2NO2/c16-13-9-11(18)10-14(17)15(13)20-8-4-7-19-12-5-2-1-3-6-12/h1-3,5-6,9-10H,4,7-8,18H2. The molecule has 0 amide bonds. The van der Waals surface area contributed by atoms with Gasteiger partial charge in [0.05, 0.1) is 23.3 Å². The van der Waals surface area contributed by atoms with Gasteiger partial charge in [-0.15, -0.1) is 0 Å². The highest BCUT2D eigenvalue weighted by atomic mass is 35.5. The van der Waals surface area contributed by atoms with Crippen molar-refractivity contribution in [1.82, 2.24) is 0 Å². The van der Waals surface area contributed by atoms with Crippen LogP contribution in [0.15, 0.2) is 42.5 Å². The van der Waals surface area contributed by atoms with Crippen molar-refractivity contribution >= 4 is 28.9 Å². The Bertz CT molecular complexity index is 538. The van der Waals surface area contributed by atoms with E-state index in [2.05, 4.69) is 0 Å². The Balaban J connectivity index is 1.76. The van der Waals surface area contributed by atoms with Gasteiger partial charge in [0.1, 0.15) is 5.75 Å². The third-order valence-electron chi connectivity index (χ3n) is 2.57. The van der Waals surface area contributed by atoms with Gasteiger partial charge in [0, 0.05) is 12.1 Å². The molecule has 0 aliphatic heterocycles. The number of halogens is 2. The van der Waals surface area contributed by atoms with Gasteiger partial charge in [-0.05, 0) is 24.3 Å². The molecule has 0 radical (unpaired) electrons. The van der Waals surface area contributed by atoms with Gasteiger partial charge in [0.2, 0.25) is 0 Å². The number of anilines is 1. The van der Waals surface area contributed by atoms with E-state index in [9.17, 15) is 0 Å². The highest BCUT2D eigenvalue weighted by molar-refractivity contribution is 6.37. The fraction of sp³-hybridized carbons (Fsp3) is 0.200. The van der Waals surface area contributed by atoms with E-state index in [4.69, 9.17) is 38.4 Å². The molecule has 0 aromatic heterocycles. The summed E-state index contributed by atoms with van der Waals surface area (Å²) in [5.41, 5.74) is 6.14. The predicted molar refractivity (Wildman–Crippen MR) is 82.9 cm³/mol. The molecule has 0 unspecified atom stereocenters. The second-order valence-corrected chi connectivity index (χ2v) is 4.99. The third-order valence-corrected chi connectivity index (χ3v) is 3.13. The molecule has 0 aliphatic rings. The second kappa shape index (κ2) is 7.27. The first-order valence-electron chi connectivity index (χ1n) is 6.22. The quantitative estimate of drug-likeness (QED) is 0.634. The zero-order valence-corrected chi connectivity index (χ0v) is 12.3. The molecule has 5 heteroatoms. The normalized spacial score (nSPS) is 10.3. The van der Waals surface area contributed by atoms with Gasteiger partial charge in [-0.25, -0.2) is 0 Å². The summed E-state index contributed by atoms with van der Waals surface area (Å²) in [6.45, 7) is 1.03. The topological polar surface area (TPSA) is 44.5 Å². The molecule has 2 rings (SSSR count). The Morgan fingerprint density at radius 2 is 1.50 bits per heavy atom. The van der Waals surface area contributed by atoms with Crippen LogP contribution in [0.3, 0.4) is 0 Å². The molecule has 2 aromatic rings. The summed E-state index contributed by atoms with van der Waals surface area (Å²) >= 11 is 12.0. The number of para-hydroxylation sites is 1. The summed E-state index contributed by atoms with van der Waals surface area (Å²) in [7, 11) is 0. The maximum atomic E-state index is 6.02. The van der Waals surface area contributed by atoms with Crippen LogP contribution in [0.25, 0.3) is 0 Å². The van der Waals surface area contributed by atoms with Crippen molar-refractivity contribution in [3.05, 3.63) is 52.5 Å². The number of rotatable bonds is 6. The van der Waals surface area contributed by atoms with Gasteiger partial charge in [0.15, 0.2) is 5.75 Å². The van der Waals surface area contributed by atoms with E-state index in [1.807, 2.05) is 30.3 Å². The van der Waals surface area contributed by atoms with Gasteiger partial charge in [-0.3, -0.25) is 0 Å². The van der Waals surface area contributed by atoms with Crippen LogP contribution in [-0.4, -0.2) is 13.2 Å². The molecular weight excluding hydrogens is 297 g/mol. The number of hydrogen-bond acceptors (Lipinski definition) is 3. The minimum atomic E-state index is 0.416. The van der Waals surface area contributed by atoms with Crippen LogP contribution in [0.1, 0.15) is 6.42 Å². The van der Waals surface area contributed by atoms with E-state index in [0.29, 0.717) is 34.7 Å². The Labute approximate surface area is 128 Å². The highest BCUT2D eigenvalue weighted by Crippen LogP contribution is 2.35. The molecule has 0 aliphatic carbocycles. The van der Waals surface area contributed by atoms with Crippen molar-refractivity contribution in [2.24, 2.45) is 0 Å². The minimum Gasteiger partial charge on any atom is -0.493 e. The molecule has 0 saturated carbocycles. The summed E-state index contributed by atoms with van der Waals surface area (Å²) in [5, 5.41) is 0.831. The fourth-order valence-corrected chi connectivity index (χ4v) is 2.27. The Morgan fingerprint density at radius 3 is 2.15 bits per heavy atom. The van der Waals surface area contributed by atoms with E-state index in [0.717, 1.165) is 12.2 Å². The first-order chi connectivity index (χ1) is 9.66. The van der Waals surface area contributed by atoms with Crippen LogP contribution in [0.4, 0.5) is 5.69 Å². The zero-order valence-electron chi connectivity index (χ0n) is 10.8. The van der Waals surface area contributed by atoms with E-state index >= 15 is 0 Å². The van der Waals surface area contributed by atoms with Crippen LogP contribution < -0.4 is 15.2 Å². The maximum absolute atomic E-state index is 6.02. The predicted octanol–water partition coefficient (Wildman–Crippen LogP) is 4.42. The Morgan fingerprint density at radius 1 is 0.900 bits per heavy atom. The third kappa shape index (κ3) is 4.22. The SMILES string of the molecule is Nc1cc(Cl)c(OCCCOc2ccccc2)c(Cl)c1. The fourth-order valence-electron chi connectivity index (χ4n) is 1.66. The molecule has 3 nitrogen and oxygen atoms in total. The Hall–Kier alpha value is -1.58. The summed E-state index contributed by atoms with van der Waals surface area (Å²) in [4.78, 5) is 0. The summed E-state index contributed by atoms with van der Waals surface area (Å²) in [6, 6.07) is 12.9. The van der Waals surface area contributed by atoms with Gasteiger partial charge in [0.25, 0.3) is 0 Å². The van der Waals surface area contributed by atoms with E-state index < -0.39 is 0 Å². The number of benzene rings is 2. The molecule has 0 saturated heterocycles. The lowest BCUT2D eigenvalue weighted by Gasteiger charge is -2.11. The van der Waals surface area contributed by atoms with Crippen LogP contribution in [-0.2, 0) is 0 Å². The summed E-state index contributed by atoms with van der Waals surface area (Å²) in [6.07, 6.45) is 0.728. The molecule has 0 bridgehead atoms. The first kappa shape index (κ1) is 14.8. The van der Waals surface area contributed by atoms with Gasteiger partial charge in [-0.2, -0.15) is 0 Å². The minimum absolute atomic E-state index is 0.416. The maximum Gasteiger partial charge on any atom is 0.156 e. The molecule has 2 aromatic carbocycles. The highest BCUT2D eigenvalue weighted by Gasteiger charge is 2.08. The Kier molecular flexibility index (Phi) is 5.39. The van der Waals surface area contributed by atoms with Gasteiger partial charge < -0.3 is 15.2 Å². The largest absolute Gasteiger partial charge is 0.493 e. The lowest BCUT2D eigenvalue weighted by atomic mass is 10.3. The van der Waals surface area contributed by atoms with Crippen molar-refractivity contribution < 1.29 is 9.47 Å². The molecule has 2 N–H and O–H groups in total. The lowest BCUT2D eigenvalue weighted by Crippen LogP contribution is -2.05. The van der Waals surface area contributed by atoms with E-state index in [1.54, 1.807) is 12.1 Å². The molecule has 106 valence electrons. The number of nitrogen functional groups attached to an aromatic ring is 1. The average Bonchev–Trinajstić information content (AvgIpc) is 2.42. The molecule has 0 atom stereocenters. The second-order valence-electron chi connectivity index (χ2n) is 4.18. The average molecular weight is 312 g/mol. The van der Waals surface area contributed by atoms with Crippen LogP contribution in [0.2, 0.25) is 10.0 Å². The van der Waals surface area contributed by atoms with E-state index in [1.165, 1.54) is 0 Å². The number of ether oxygens (including phenoxy) is 2. The zero-order chi connectivity index (χ0) is 14.4. The van der Waals surface area contributed by atoms with Crippen LogP contribution in [0, 0.1) is 0 Å². The lowest BCUT2D eigenvalue weighted by molar-refractivity contribution is 0.247. The smallest absolute Gasteiger partial charge is 0.156 e. The van der Waals surface area contributed by atoms with Crippen molar-refractivity contribution in [3.63, 3.8) is 0 Å². The van der Waals surface area contributed by atoms with Crippen LogP contribution in [0.5, 0.6) is 11.5 Å². The van der Waals surface area contributed by atoms with Crippen molar-refractivity contribution in [2.75, 3.05) is 18.9 Å².